The Balaban J connectivity index is 1.75. The Morgan fingerprint density at radius 1 is 1.23 bits per heavy atom. The van der Waals surface area contributed by atoms with Crippen LogP contribution in [-0.2, 0) is 6.42 Å². The molecule has 0 saturated carbocycles. The number of nitriles is 1. The molecule has 4 nitrogen and oxygen atoms in total. The van der Waals surface area contributed by atoms with Crippen LogP contribution in [0.3, 0.4) is 0 Å². The molecule has 134 valence electrons. The van der Waals surface area contributed by atoms with E-state index in [1.54, 1.807) is 24.3 Å². The molecule has 0 radical (unpaired) electrons. The van der Waals surface area contributed by atoms with Crippen molar-refractivity contribution in [3.05, 3.63) is 63.9 Å². The molecule has 2 aromatic carbocycles. The molecule has 4 rings (SSSR count). The van der Waals surface area contributed by atoms with Gasteiger partial charge < -0.3 is 10.1 Å². The van der Waals surface area contributed by atoms with Crippen LogP contribution in [0.4, 0.5) is 4.39 Å². The molecule has 1 aliphatic carbocycles. The highest BCUT2D eigenvalue weighted by molar-refractivity contribution is 6.30. The molecule has 1 heterocycles. The molecule has 1 fully saturated rings. The maximum atomic E-state index is 14.2. The summed E-state index contributed by atoms with van der Waals surface area (Å²) in [6.45, 7) is 3.60. The molecule has 0 bridgehead atoms. The molecule has 26 heavy (non-hydrogen) atoms. The zero-order chi connectivity index (χ0) is 18.1. The van der Waals surface area contributed by atoms with Crippen LogP contribution >= 0.6 is 11.6 Å². The van der Waals surface area contributed by atoms with Crippen LogP contribution in [-0.4, -0.2) is 37.1 Å². The van der Waals surface area contributed by atoms with Gasteiger partial charge in [-0.3, -0.25) is 4.90 Å². The lowest BCUT2D eigenvalue weighted by atomic mass is 10.0. The van der Waals surface area contributed by atoms with Gasteiger partial charge in [0, 0.05) is 31.2 Å². The largest absolute Gasteiger partial charge is 0.481 e. The number of para-hydroxylation sites is 1. The zero-order valence-electron chi connectivity index (χ0n) is 14.2. The third kappa shape index (κ3) is 3.16. The molecule has 6 heteroatoms. The van der Waals surface area contributed by atoms with Crippen LogP contribution in [0.5, 0.6) is 5.75 Å². The van der Waals surface area contributed by atoms with Crippen molar-refractivity contribution in [2.45, 2.75) is 18.6 Å². The average molecular weight is 372 g/mol. The normalized spacial score (nSPS) is 22.7. The Morgan fingerprint density at radius 2 is 2.00 bits per heavy atom. The summed E-state index contributed by atoms with van der Waals surface area (Å²) in [6, 6.07) is 12.3. The molecule has 0 amide bonds. The van der Waals surface area contributed by atoms with Gasteiger partial charge in [0.15, 0.2) is 11.6 Å². The second kappa shape index (κ2) is 7.24. The third-order valence-electron chi connectivity index (χ3n) is 5.15. The predicted molar refractivity (Wildman–Crippen MR) is 97.9 cm³/mol. The number of piperazine rings is 1. The predicted octanol–water partition coefficient (Wildman–Crippen LogP) is 3.30. The summed E-state index contributed by atoms with van der Waals surface area (Å²) in [4.78, 5) is 2.36. The summed E-state index contributed by atoms with van der Waals surface area (Å²) >= 11 is 6.24. The first kappa shape index (κ1) is 17.3. The molecule has 0 unspecified atom stereocenters. The number of ether oxygens (including phenoxy) is 1. The molecule has 2 aliphatic rings. The lowest BCUT2D eigenvalue weighted by Gasteiger charge is -2.36. The minimum atomic E-state index is -0.387. The van der Waals surface area contributed by atoms with E-state index >= 15 is 0 Å². The van der Waals surface area contributed by atoms with E-state index in [4.69, 9.17) is 16.3 Å². The van der Waals surface area contributed by atoms with Crippen LogP contribution in [0.1, 0.15) is 22.8 Å². The minimum absolute atomic E-state index is 0.0530. The Bertz CT molecular complexity index is 861. The number of rotatable bonds is 3. The van der Waals surface area contributed by atoms with E-state index in [9.17, 15) is 9.65 Å². The fourth-order valence-electron chi connectivity index (χ4n) is 3.92. The van der Waals surface area contributed by atoms with Gasteiger partial charge in [-0.25, -0.2) is 4.39 Å². The van der Waals surface area contributed by atoms with Crippen molar-refractivity contribution >= 4 is 11.6 Å². The number of hydrogen-bond donors (Lipinski definition) is 1. The van der Waals surface area contributed by atoms with Crippen molar-refractivity contribution in [1.82, 2.24) is 10.2 Å². The molecular formula is C20H19ClFN3O. The van der Waals surface area contributed by atoms with E-state index < -0.39 is 0 Å². The van der Waals surface area contributed by atoms with Gasteiger partial charge in [-0.2, -0.15) is 5.26 Å². The second-order valence-corrected chi connectivity index (χ2v) is 7.10. The van der Waals surface area contributed by atoms with Crippen molar-refractivity contribution in [3.63, 3.8) is 0 Å². The molecule has 1 N–H and O–H groups in total. The Morgan fingerprint density at radius 3 is 2.73 bits per heavy atom. The second-order valence-electron chi connectivity index (χ2n) is 6.66. The maximum absolute atomic E-state index is 14.2. The Kier molecular flexibility index (Phi) is 4.82. The number of nitrogens with one attached hydrogen (secondary N) is 1. The summed E-state index contributed by atoms with van der Waals surface area (Å²) in [5, 5.41) is 13.4. The van der Waals surface area contributed by atoms with Crippen molar-refractivity contribution in [3.8, 4) is 11.8 Å². The molecular weight excluding hydrogens is 353 g/mol. The van der Waals surface area contributed by atoms with Gasteiger partial charge in [-0.15, -0.1) is 0 Å². The van der Waals surface area contributed by atoms with Gasteiger partial charge in [-0.05, 0) is 41.8 Å². The van der Waals surface area contributed by atoms with E-state index in [0.29, 0.717) is 17.0 Å². The smallest absolute Gasteiger partial charge is 0.165 e. The topological polar surface area (TPSA) is 48.3 Å². The van der Waals surface area contributed by atoms with Gasteiger partial charge in [-0.1, -0.05) is 23.7 Å². The summed E-state index contributed by atoms with van der Waals surface area (Å²) in [7, 11) is 0. The highest BCUT2D eigenvalue weighted by Gasteiger charge is 2.40. The average Bonchev–Trinajstić information content (AvgIpc) is 3.02. The number of nitrogens with zero attached hydrogens (tertiary/aromatic N) is 2. The lowest BCUT2D eigenvalue weighted by molar-refractivity contribution is 0.0668. The van der Waals surface area contributed by atoms with E-state index in [2.05, 4.69) is 16.3 Å². The zero-order valence-corrected chi connectivity index (χ0v) is 15.0. The monoisotopic (exact) mass is 371 g/mol. The minimum Gasteiger partial charge on any atom is -0.481 e. The fourth-order valence-corrected chi connectivity index (χ4v) is 4.14. The van der Waals surface area contributed by atoms with Crippen LogP contribution in [0.15, 0.2) is 36.4 Å². The standard InChI is InChI=1S/C20H19ClFN3O/c21-14-9-13(12-23)15-11-18(25-7-5-24-6-8-25)20(16(15)10-14)26-19-4-2-1-3-17(19)22/h1-4,9-10,18,20,24H,5-8,11H2/t18-,20-/m0/s1. The summed E-state index contributed by atoms with van der Waals surface area (Å²) in [5.41, 5.74) is 2.43. The van der Waals surface area contributed by atoms with Crippen molar-refractivity contribution < 1.29 is 9.13 Å². The Hall–Kier alpha value is -2.13. The first-order valence-electron chi connectivity index (χ1n) is 8.76. The van der Waals surface area contributed by atoms with Gasteiger partial charge >= 0.3 is 0 Å². The maximum Gasteiger partial charge on any atom is 0.165 e. The van der Waals surface area contributed by atoms with Crippen molar-refractivity contribution in [2.75, 3.05) is 26.2 Å². The lowest BCUT2D eigenvalue weighted by Crippen LogP contribution is -2.50. The Labute approximate surface area is 157 Å². The summed E-state index contributed by atoms with van der Waals surface area (Å²) in [6.07, 6.45) is 0.347. The number of fused-ring (bicyclic) bond motifs is 1. The molecule has 0 aromatic heterocycles. The summed E-state index contributed by atoms with van der Waals surface area (Å²) < 4.78 is 20.3. The first-order valence-corrected chi connectivity index (χ1v) is 9.13. The van der Waals surface area contributed by atoms with E-state index in [1.807, 2.05) is 6.07 Å². The van der Waals surface area contributed by atoms with Crippen molar-refractivity contribution in [2.24, 2.45) is 0 Å². The van der Waals surface area contributed by atoms with Gasteiger partial charge in [0.25, 0.3) is 0 Å². The van der Waals surface area contributed by atoms with Crippen LogP contribution in [0.25, 0.3) is 0 Å². The number of hydrogen-bond acceptors (Lipinski definition) is 4. The van der Waals surface area contributed by atoms with Crippen molar-refractivity contribution in [1.29, 1.82) is 5.26 Å². The van der Waals surface area contributed by atoms with E-state index in [0.717, 1.165) is 37.3 Å². The quantitative estimate of drug-likeness (QED) is 0.899. The highest BCUT2D eigenvalue weighted by Crippen LogP contribution is 2.41. The molecule has 2 atom stereocenters. The van der Waals surface area contributed by atoms with Gasteiger partial charge in [0.2, 0.25) is 0 Å². The molecule has 1 saturated heterocycles. The van der Waals surface area contributed by atoms with E-state index in [1.165, 1.54) is 6.07 Å². The molecule has 2 aromatic rings. The van der Waals surface area contributed by atoms with Gasteiger partial charge in [0.1, 0.15) is 6.10 Å². The molecule has 1 aliphatic heterocycles. The number of benzene rings is 2. The summed E-state index contributed by atoms with van der Waals surface area (Å²) in [5.74, 6) is -0.161. The molecule has 0 spiro atoms. The van der Waals surface area contributed by atoms with Crippen LogP contribution in [0, 0.1) is 17.1 Å². The number of halogens is 2. The van der Waals surface area contributed by atoms with Gasteiger partial charge in [0.05, 0.1) is 17.7 Å². The fraction of sp³-hybridized carbons (Fsp3) is 0.350. The van der Waals surface area contributed by atoms with E-state index in [-0.39, 0.29) is 23.7 Å². The SMILES string of the molecule is N#Cc1cc(Cl)cc2c1C[C@H](N1CCNCC1)[C@H]2Oc1ccccc1F. The first-order chi connectivity index (χ1) is 12.7. The van der Waals surface area contributed by atoms with Crippen LogP contribution < -0.4 is 10.1 Å². The highest BCUT2D eigenvalue weighted by atomic mass is 35.5. The third-order valence-corrected chi connectivity index (χ3v) is 5.37. The van der Waals surface area contributed by atoms with Crippen LogP contribution in [0.2, 0.25) is 5.02 Å².